The Morgan fingerprint density at radius 2 is 1.88 bits per heavy atom. The number of nitrogens with one attached hydrogen (secondary N) is 1. The number of carbonyl (C=O) groups is 1. The first-order valence-electron chi connectivity index (χ1n) is 7.60. The van der Waals surface area contributed by atoms with E-state index in [0.717, 1.165) is 11.3 Å². The van der Waals surface area contributed by atoms with Gasteiger partial charge >= 0.3 is 5.97 Å². The lowest BCUT2D eigenvalue weighted by Crippen LogP contribution is -1.93. The molecule has 0 aliphatic heterocycles. The van der Waals surface area contributed by atoms with Crippen molar-refractivity contribution in [3.05, 3.63) is 65.2 Å². The molecule has 0 amide bonds. The van der Waals surface area contributed by atoms with Gasteiger partial charge in [0, 0.05) is 11.6 Å². The molecule has 1 N–H and O–H groups in total. The second-order valence-corrected chi connectivity index (χ2v) is 5.11. The maximum absolute atomic E-state index is 10.9. The largest absolute Gasteiger partial charge is 0.496 e. The number of hydrogen-bond donors (Lipinski definition) is 1. The van der Waals surface area contributed by atoms with Gasteiger partial charge in [0.05, 0.1) is 25.9 Å². The first-order valence-corrected chi connectivity index (χ1v) is 7.60. The Labute approximate surface area is 148 Å². The van der Waals surface area contributed by atoms with Crippen LogP contribution in [0.4, 0.5) is 5.69 Å². The highest BCUT2D eigenvalue weighted by atomic mass is 16.5. The summed E-state index contributed by atoms with van der Waals surface area (Å²) in [5, 5.41) is 6.76. The second-order valence-electron chi connectivity index (χ2n) is 5.11. The number of carbonyl (C=O) groups excluding carboxylic acids is 1. The number of aliphatic imine (C=N–C) groups is 1. The summed E-state index contributed by atoms with van der Waals surface area (Å²) in [6.45, 7) is 4.12. The van der Waals surface area contributed by atoms with Crippen molar-refractivity contribution in [2.45, 2.75) is 13.8 Å². The number of esters is 1. The average molecular weight is 338 g/mol. The fraction of sp³-hybridized carbons (Fsp3) is 0.200. The molecule has 0 atom stereocenters. The summed E-state index contributed by atoms with van der Waals surface area (Å²) in [4.78, 5) is 14.6. The first-order chi connectivity index (χ1) is 12.0. The topological polar surface area (TPSA) is 71.7 Å². The number of benzene rings is 2. The van der Waals surface area contributed by atoms with Crippen molar-refractivity contribution < 1.29 is 14.3 Å². The molecule has 0 aromatic heterocycles. The van der Waals surface area contributed by atoms with Crippen molar-refractivity contribution in [3.63, 3.8) is 0 Å². The summed E-state index contributed by atoms with van der Waals surface area (Å²) in [7, 11) is 3.01. The molecule has 2 aromatic carbocycles. The van der Waals surface area contributed by atoms with Gasteiger partial charge in [0.2, 0.25) is 0 Å². The Balaban J connectivity index is 0.000000271. The van der Waals surface area contributed by atoms with E-state index in [1.807, 2.05) is 31.1 Å². The highest BCUT2D eigenvalue weighted by Crippen LogP contribution is 2.19. The van der Waals surface area contributed by atoms with E-state index in [1.165, 1.54) is 24.3 Å². The second kappa shape index (κ2) is 10.6. The molecule has 0 spiro atoms. The maximum Gasteiger partial charge on any atom is 0.330 e. The van der Waals surface area contributed by atoms with Gasteiger partial charge in [0.25, 0.3) is 0 Å². The minimum atomic E-state index is -0.427. The zero-order valence-electron chi connectivity index (χ0n) is 14.9. The van der Waals surface area contributed by atoms with E-state index in [0.29, 0.717) is 5.69 Å². The SMILES string of the molecule is COC(=O)/C=C/c1ccccc1N=C=N.COc1ccc(C)cc1C. The lowest BCUT2D eigenvalue weighted by atomic mass is 10.1. The van der Waals surface area contributed by atoms with Crippen LogP contribution in [0.25, 0.3) is 6.08 Å². The minimum absolute atomic E-state index is 0.427. The highest BCUT2D eigenvalue weighted by Gasteiger charge is 1.97. The van der Waals surface area contributed by atoms with Crippen LogP contribution in [0.2, 0.25) is 0 Å². The van der Waals surface area contributed by atoms with Gasteiger partial charge in [0.15, 0.2) is 0 Å². The third-order valence-corrected chi connectivity index (χ3v) is 3.26. The van der Waals surface area contributed by atoms with Crippen LogP contribution in [-0.4, -0.2) is 26.2 Å². The Kier molecular flexibility index (Phi) is 8.41. The third-order valence-electron chi connectivity index (χ3n) is 3.26. The van der Waals surface area contributed by atoms with Gasteiger partial charge in [-0.2, -0.15) is 4.99 Å². The van der Waals surface area contributed by atoms with Gasteiger partial charge in [0.1, 0.15) is 5.75 Å². The number of ether oxygens (including phenoxy) is 2. The minimum Gasteiger partial charge on any atom is -0.496 e. The number of aryl methyl sites for hydroxylation is 2. The number of rotatable bonds is 4. The number of para-hydroxylation sites is 1. The van der Waals surface area contributed by atoms with Crippen LogP contribution < -0.4 is 4.74 Å². The summed E-state index contributed by atoms with van der Waals surface area (Å²) in [5.74, 6) is 0.536. The lowest BCUT2D eigenvalue weighted by molar-refractivity contribution is -0.134. The summed E-state index contributed by atoms with van der Waals surface area (Å²) in [6.07, 6.45) is 2.89. The Bertz CT molecular complexity index is 791. The van der Waals surface area contributed by atoms with Gasteiger partial charge in [-0.15, -0.1) is 0 Å². The molecule has 5 nitrogen and oxygen atoms in total. The van der Waals surface area contributed by atoms with Gasteiger partial charge < -0.3 is 9.47 Å². The van der Waals surface area contributed by atoms with Crippen LogP contribution in [0.3, 0.4) is 0 Å². The van der Waals surface area contributed by atoms with E-state index in [1.54, 1.807) is 31.4 Å². The summed E-state index contributed by atoms with van der Waals surface area (Å²) in [5.41, 5.74) is 3.80. The normalized spacial score (nSPS) is 9.60. The monoisotopic (exact) mass is 338 g/mol. The molecular weight excluding hydrogens is 316 g/mol. The quantitative estimate of drug-likeness (QED) is 0.504. The van der Waals surface area contributed by atoms with Crippen molar-refractivity contribution in [1.29, 1.82) is 5.41 Å². The molecule has 5 heteroatoms. The summed E-state index contributed by atoms with van der Waals surface area (Å²) >= 11 is 0. The summed E-state index contributed by atoms with van der Waals surface area (Å²) < 4.78 is 9.56. The smallest absolute Gasteiger partial charge is 0.330 e. The van der Waals surface area contributed by atoms with Gasteiger partial charge in [-0.05, 0) is 37.6 Å². The zero-order valence-corrected chi connectivity index (χ0v) is 14.9. The molecule has 0 aliphatic rings. The molecule has 0 unspecified atom stereocenters. The molecular formula is C20H22N2O3. The number of methoxy groups -OCH3 is 2. The Morgan fingerprint density at radius 3 is 2.48 bits per heavy atom. The Hall–Kier alpha value is -3.17. The number of hydrogen-bond acceptors (Lipinski definition) is 5. The van der Waals surface area contributed by atoms with Gasteiger partial charge in [-0.1, -0.05) is 35.9 Å². The molecule has 25 heavy (non-hydrogen) atoms. The molecule has 0 saturated carbocycles. The van der Waals surface area contributed by atoms with Crippen molar-refractivity contribution in [2.75, 3.05) is 14.2 Å². The molecule has 130 valence electrons. The molecule has 0 radical (unpaired) electrons. The van der Waals surface area contributed by atoms with Crippen LogP contribution in [-0.2, 0) is 9.53 Å². The molecule has 0 aliphatic carbocycles. The Morgan fingerprint density at radius 1 is 1.16 bits per heavy atom. The van der Waals surface area contributed by atoms with E-state index in [9.17, 15) is 4.79 Å². The van der Waals surface area contributed by atoms with Crippen LogP contribution >= 0.6 is 0 Å². The number of nitrogens with zero attached hydrogens (tertiary/aromatic N) is 1. The fourth-order valence-corrected chi connectivity index (χ4v) is 2.04. The standard InChI is InChI=1S/C11H10N2O2.C9H12O/c1-15-11(14)7-6-9-4-2-3-5-10(9)13-8-12;1-7-4-5-9(10-3)8(2)6-7/h2-7,12H,1H3;4-6H,1-3H3/b7-6+;. The van der Waals surface area contributed by atoms with E-state index < -0.39 is 5.97 Å². The van der Waals surface area contributed by atoms with Crippen molar-refractivity contribution in [3.8, 4) is 5.75 Å². The molecule has 0 heterocycles. The van der Waals surface area contributed by atoms with Gasteiger partial charge in [-0.25, -0.2) is 10.2 Å². The fourth-order valence-electron chi connectivity index (χ4n) is 2.04. The van der Waals surface area contributed by atoms with Crippen LogP contribution in [0.5, 0.6) is 5.75 Å². The lowest BCUT2D eigenvalue weighted by Gasteiger charge is -2.03. The highest BCUT2D eigenvalue weighted by molar-refractivity contribution is 5.88. The van der Waals surface area contributed by atoms with Crippen LogP contribution in [0.15, 0.2) is 53.5 Å². The van der Waals surface area contributed by atoms with E-state index in [-0.39, 0.29) is 0 Å². The van der Waals surface area contributed by atoms with E-state index in [4.69, 9.17) is 10.1 Å². The first kappa shape index (κ1) is 19.9. The molecule has 0 saturated heterocycles. The van der Waals surface area contributed by atoms with Crippen molar-refractivity contribution >= 4 is 23.7 Å². The summed E-state index contributed by atoms with van der Waals surface area (Å²) in [6, 6.07) is 15.2. The molecule has 0 fully saturated rings. The van der Waals surface area contributed by atoms with Crippen LogP contribution in [0.1, 0.15) is 16.7 Å². The zero-order chi connectivity index (χ0) is 18.7. The van der Waals surface area contributed by atoms with Crippen molar-refractivity contribution in [2.24, 2.45) is 4.99 Å². The predicted octanol–water partition coefficient (Wildman–Crippen LogP) is 4.57. The third kappa shape index (κ3) is 6.85. The molecule has 0 bridgehead atoms. The molecule has 2 rings (SSSR count). The van der Waals surface area contributed by atoms with E-state index in [2.05, 4.69) is 22.7 Å². The predicted molar refractivity (Wildman–Crippen MR) is 99.8 cm³/mol. The van der Waals surface area contributed by atoms with Crippen molar-refractivity contribution in [1.82, 2.24) is 0 Å². The van der Waals surface area contributed by atoms with E-state index >= 15 is 0 Å². The maximum atomic E-state index is 10.9. The average Bonchev–Trinajstić information content (AvgIpc) is 2.61. The van der Waals surface area contributed by atoms with Crippen LogP contribution in [0, 0.1) is 19.3 Å². The molecule has 2 aromatic rings. The van der Waals surface area contributed by atoms with Gasteiger partial charge in [-0.3, -0.25) is 0 Å².